The number of aryl methyl sites for hydroxylation is 2. The average Bonchev–Trinajstić information content (AvgIpc) is 3.66. The second-order valence-corrected chi connectivity index (χ2v) is 12.3. The minimum absolute atomic E-state index is 0.0850. The van der Waals surface area contributed by atoms with Gasteiger partial charge in [0.05, 0.1) is 12.9 Å². The van der Waals surface area contributed by atoms with Crippen LogP contribution in [0.25, 0.3) is 33.6 Å². The van der Waals surface area contributed by atoms with Crippen molar-refractivity contribution in [3.05, 3.63) is 94.0 Å². The molecule has 5 aromatic rings. The SMILES string of the molecule is C=CCn1c(SCC(=O)Nc2sc(C)c(-c3ccccc3)c2C(=O)OC)nnc1-c1csc(C)c1-c1ccccc1. The van der Waals surface area contributed by atoms with E-state index in [0.29, 0.717) is 22.3 Å². The van der Waals surface area contributed by atoms with Gasteiger partial charge in [-0.25, -0.2) is 4.79 Å². The van der Waals surface area contributed by atoms with Gasteiger partial charge in [-0.3, -0.25) is 9.36 Å². The molecule has 2 aromatic carbocycles. The fourth-order valence-electron chi connectivity index (χ4n) is 4.65. The zero-order valence-electron chi connectivity index (χ0n) is 22.8. The normalized spacial score (nSPS) is 10.9. The van der Waals surface area contributed by atoms with Gasteiger partial charge in [0, 0.05) is 38.4 Å². The summed E-state index contributed by atoms with van der Waals surface area (Å²) in [4.78, 5) is 28.0. The molecule has 0 saturated heterocycles. The van der Waals surface area contributed by atoms with E-state index in [1.807, 2.05) is 60.0 Å². The van der Waals surface area contributed by atoms with Crippen molar-refractivity contribution < 1.29 is 14.3 Å². The molecule has 0 aliphatic carbocycles. The number of thioether (sulfide) groups is 1. The molecule has 3 heterocycles. The van der Waals surface area contributed by atoms with Crippen molar-refractivity contribution in [1.29, 1.82) is 0 Å². The van der Waals surface area contributed by atoms with Crippen molar-refractivity contribution in [2.45, 2.75) is 25.5 Å². The number of thiophene rings is 2. The molecule has 0 spiro atoms. The summed E-state index contributed by atoms with van der Waals surface area (Å²) in [7, 11) is 1.34. The van der Waals surface area contributed by atoms with Gasteiger partial charge < -0.3 is 10.1 Å². The second kappa shape index (κ2) is 12.7. The molecule has 7 nitrogen and oxygen atoms in total. The van der Waals surface area contributed by atoms with Gasteiger partial charge in [0.1, 0.15) is 10.6 Å². The third kappa shape index (κ3) is 5.90. The Morgan fingerprint density at radius 3 is 2.29 bits per heavy atom. The molecule has 0 bridgehead atoms. The van der Waals surface area contributed by atoms with Crippen molar-refractivity contribution in [1.82, 2.24) is 14.8 Å². The van der Waals surface area contributed by atoms with Crippen molar-refractivity contribution in [2.24, 2.45) is 0 Å². The van der Waals surface area contributed by atoms with Gasteiger partial charge in [-0.15, -0.1) is 39.4 Å². The van der Waals surface area contributed by atoms with Gasteiger partial charge in [0.2, 0.25) is 5.91 Å². The van der Waals surface area contributed by atoms with E-state index >= 15 is 0 Å². The minimum atomic E-state index is -0.494. The molecule has 1 amide bonds. The van der Waals surface area contributed by atoms with E-state index in [1.165, 1.54) is 35.1 Å². The standard InChI is InChI=1S/C31H28N4O3S3/c1-5-16-35-28(23-17-39-19(2)25(23)21-12-8-6-9-13-21)33-34-31(35)40-18-24(36)32-29-27(30(37)38-4)26(20(3)41-29)22-14-10-7-11-15-22/h5-15,17H,1,16,18H2,2-4H3,(H,32,36). The van der Waals surface area contributed by atoms with Gasteiger partial charge in [-0.1, -0.05) is 78.5 Å². The zero-order chi connectivity index (χ0) is 28.9. The fourth-order valence-corrected chi connectivity index (χ4v) is 7.34. The number of ether oxygens (including phenoxy) is 1. The number of aromatic nitrogens is 3. The van der Waals surface area contributed by atoms with Crippen LogP contribution in [0.15, 0.2) is 83.9 Å². The van der Waals surface area contributed by atoms with Crippen molar-refractivity contribution in [3.8, 4) is 33.6 Å². The summed E-state index contributed by atoms with van der Waals surface area (Å²) in [6.07, 6.45) is 1.79. The molecule has 0 radical (unpaired) electrons. The molecule has 0 aliphatic heterocycles. The monoisotopic (exact) mass is 600 g/mol. The second-order valence-electron chi connectivity index (χ2n) is 9.08. The lowest BCUT2D eigenvalue weighted by molar-refractivity contribution is -0.113. The number of hydrogen-bond donors (Lipinski definition) is 1. The molecule has 0 fully saturated rings. The Bertz CT molecular complexity index is 1710. The lowest BCUT2D eigenvalue weighted by Gasteiger charge is -2.10. The van der Waals surface area contributed by atoms with Gasteiger partial charge in [0.15, 0.2) is 11.0 Å². The molecule has 1 N–H and O–H groups in total. The zero-order valence-corrected chi connectivity index (χ0v) is 25.3. The summed E-state index contributed by atoms with van der Waals surface area (Å²) in [5.74, 6) is 0.0612. The Hall–Kier alpha value is -3.99. The number of nitrogens with zero attached hydrogens (tertiary/aromatic N) is 3. The number of anilines is 1. The quantitative estimate of drug-likeness (QED) is 0.100. The molecule has 41 heavy (non-hydrogen) atoms. The first-order valence-corrected chi connectivity index (χ1v) is 15.5. The van der Waals surface area contributed by atoms with E-state index in [-0.39, 0.29) is 11.7 Å². The minimum Gasteiger partial charge on any atom is -0.465 e. The summed E-state index contributed by atoms with van der Waals surface area (Å²) in [6, 6.07) is 19.8. The van der Waals surface area contributed by atoms with E-state index in [4.69, 9.17) is 4.74 Å². The van der Waals surface area contributed by atoms with Crippen LogP contribution in [0.3, 0.4) is 0 Å². The van der Waals surface area contributed by atoms with Crippen molar-refractivity contribution in [2.75, 3.05) is 18.2 Å². The molecular formula is C31H28N4O3S3. The summed E-state index contributed by atoms with van der Waals surface area (Å²) < 4.78 is 7.05. The Balaban J connectivity index is 1.39. The van der Waals surface area contributed by atoms with Crippen molar-refractivity contribution in [3.63, 3.8) is 0 Å². The lowest BCUT2D eigenvalue weighted by Crippen LogP contribution is -2.16. The first-order chi connectivity index (χ1) is 19.9. The van der Waals surface area contributed by atoms with E-state index in [1.54, 1.807) is 17.4 Å². The molecule has 0 aliphatic rings. The molecule has 3 aromatic heterocycles. The summed E-state index contributed by atoms with van der Waals surface area (Å²) >= 11 is 4.31. The number of nitrogens with one attached hydrogen (secondary N) is 1. The van der Waals surface area contributed by atoms with Crippen LogP contribution in [0.2, 0.25) is 0 Å². The maximum Gasteiger partial charge on any atom is 0.341 e. The Morgan fingerprint density at radius 1 is 1.00 bits per heavy atom. The largest absolute Gasteiger partial charge is 0.465 e. The number of allylic oxidation sites excluding steroid dienone is 1. The van der Waals surface area contributed by atoms with Crippen LogP contribution >= 0.6 is 34.4 Å². The molecule has 208 valence electrons. The van der Waals surface area contributed by atoms with Crippen LogP contribution in [0.5, 0.6) is 0 Å². The van der Waals surface area contributed by atoms with E-state index in [0.717, 1.165) is 38.5 Å². The highest BCUT2D eigenvalue weighted by Crippen LogP contribution is 2.41. The highest BCUT2D eigenvalue weighted by molar-refractivity contribution is 7.99. The van der Waals surface area contributed by atoms with E-state index < -0.39 is 5.97 Å². The number of esters is 1. The van der Waals surface area contributed by atoms with Crippen LogP contribution in [0.4, 0.5) is 5.00 Å². The van der Waals surface area contributed by atoms with Gasteiger partial charge >= 0.3 is 5.97 Å². The van der Waals surface area contributed by atoms with E-state index in [9.17, 15) is 9.59 Å². The third-order valence-electron chi connectivity index (χ3n) is 6.43. The topological polar surface area (TPSA) is 86.1 Å². The number of amides is 1. The molecule has 0 unspecified atom stereocenters. The summed E-state index contributed by atoms with van der Waals surface area (Å²) in [5.41, 5.74) is 5.25. The smallest absolute Gasteiger partial charge is 0.341 e. The average molecular weight is 601 g/mol. The first-order valence-electron chi connectivity index (χ1n) is 12.8. The predicted molar refractivity (Wildman–Crippen MR) is 169 cm³/mol. The van der Waals surface area contributed by atoms with Gasteiger partial charge in [-0.05, 0) is 25.0 Å². The van der Waals surface area contributed by atoms with Crippen LogP contribution in [-0.2, 0) is 16.1 Å². The number of hydrogen-bond acceptors (Lipinski definition) is 8. The highest BCUT2D eigenvalue weighted by Gasteiger charge is 2.26. The summed E-state index contributed by atoms with van der Waals surface area (Å²) in [6.45, 7) is 8.44. The van der Waals surface area contributed by atoms with Crippen molar-refractivity contribution >= 4 is 51.3 Å². The number of benzene rings is 2. The molecule has 10 heteroatoms. The molecule has 0 saturated carbocycles. The molecule has 5 rings (SSSR count). The van der Waals surface area contributed by atoms with Crippen LogP contribution in [-0.4, -0.2) is 39.5 Å². The van der Waals surface area contributed by atoms with Crippen LogP contribution < -0.4 is 5.32 Å². The lowest BCUT2D eigenvalue weighted by atomic mass is 10.0. The van der Waals surface area contributed by atoms with E-state index in [2.05, 4.69) is 46.5 Å². The van der Waals surface area contributed by atoms with Crippen LogP contribution in [0.1, 0.15) is 20.1 Å². The predicted octanol–water partition coefficient (Wildman–Crippen LogP) is 7.72. The molecule has 0 atom stereocenters. The maximum absolute atomic E-state index is 13.1. The summed E-state index contributed by atoms with van der Waals surface area (Å²) in [5, 5.41) is 15.1. The number of carbonyl (C=O) groups is 2. The number of carbonyl (C=O) groups excluding carboxylic acids is 2. The maximum atomic E-state index is 13.1. The Labute approximate surface area is 250 Å². The Kier molecular flexibility index (Phi) is 8.82. The third-order valence-corrected chi connectivity index (χ3v) is 9.33. The first kappa shape index (κ1) is 28.5. The Morgan fingerprint density at radius 2 is 1.66 bits per heavy atom. The number of methoxy groups -OCH3 is 1. The van der Waals surface area contributed by atoms with Gasteiger partial charge in [-0.2, -0.15) is 0 Å². The number of rotatable bonds is 10. The molecular weight excluding hydrogens is 573 g/mol. The highest BCUT2D eigenvalue weighted by atomic mass is 32.2. The van der Waals surface area contributed by atoms with Crippen LogP contribution in [0, 0.1) is 13.8 Å². The fraction of sp³-hybridized carbons (Fsp3) is 0.161. The van der Waals surface area contributed by atoms with Gasteiger partial charge in [0.25, 0.3) is 0 Å².